The quantitative estimate of drug-likeness (QED) is 0.336. The van der Waals surface area contributed by atoms with Gasteiger partial charge in [0.2, 0.25) is 0 Å². The fraction of sp³-hybridized carbons (Fsp3) is 0.130. The standard InChI is InChI=1S/C23H19FN2OS/c1-16(18-11-13-19(24)14-12-18)28-23-25-21-10-6-5-9-20(21)22(27)26(23)15-17-7-3-2-4-8-17/h2-14,16H,15H2,1H3/t16-/m0/s1. The molecule has 0 unspecified atom stereocenters. The molecule has 140 valence electrons. The van der Waals surface area contributed by atoms with E-state index in [1.807, 2.05) is 61.5 Å². The number of hydrogen-bond acceptors (Lipinski definition) is 3. The van der Waals surface area contributed by atoms with Crippen LogP contribution in [0.15, 0.2) is 88.8 Å². The fourth-order valence-corrected chi connectivity index (χ4v) is 4.14. The molecule has 0 fully saturated rings. The monoisotopic (exact) mass is 390 g/mol. The zero-order valence-electron chi connectivity index (χ0n) is 15.4. The predicted octanol–water partition coefficient (Wildman–Crippen LogP) is 5.44. The first kappa shape index (κ1) is 18.4. The lowest BCUT2D eigenvalue weighted by Gasteiger charge is -2.17. The zero-order valence-corrected chi connectivity index (χ0v) is 16.2. The molecule has 0 aliphatic carbocycles. The van der Waals surface area contributed by atoms with Crippen molar-refractivity contribution in [2.75, 3.05) is 0 Å². The Morgan fingerprint density at radius 2 is 1.64 bits per heavy atom. The van der Waals surface area contributed by atoms with Crippen LogP contribution in [0, 0.1) is 5.82 Å². The van der Waals surface area contributed by atoms with Crippen LogP contribution in [0.1, 0.15) is 23.3 Å². The molecule has 0 amide bonds. The van der Waals surface area contributed by atoms with Gasteiger partial charge in [0.25, 0.3) is 5.56 Å². The van der Waals surface area contributed by atoms with Gasteiger partial charge >= 0.3 is 0 Å². The van der Waals surface area contributed by atoms with Gasteiger partial charge in [-0.1, -0.05) is 66.4 Å². The summed E-state index contributed by atoms with van der Waals surface area (Å²) in [5.74, 6) is -0.259. The second-order valence-electron chi connectivity index (χ2n) is 6.60. The SMILES string of the molecule is C[C@H](Sc1nc2ccccc2c(=O)n1Cc1ccccc1)c1ccc(F)cc1. The molecular formula is C23H19FN2OS. The second-order valence-corrected chi connectivity index (χ2v) is 7.91. The maximum Gasteiger partial charge on any atom is 0.262 e. The molecule has 0 aliphatic heterocycles. The molecule has 0 spiro atoms. The summed E-state index contributed by atoms with van der Waals surface area (Å²) in [6, 6.07) is 23.7. The van der Waals surface area contributed by atoms with Gasteiger partial charge in [-0.2, -0.15) is 0 Å². The molecule has 28 heavy (non-hydrogen) atoms. The highest BCUT2D eigenvalue weighted by Gasteiger charge is 2.16. The molecule has 0 radical (unpaired) electrons. The van der Waals surface area contributed by atoms with Crippen molar-refractivity contribution in [2.24, 2.45) is 0 Å². The van der Waals surface area contributed by atoms with E-state index in [-0.39, 0.29) is 16.6 Å². The van der Waals surface area contributed by atoms with E-state index < -0.39 is 0 Å². The summed E-state index contributed by atoms with van der Waals surface area (Å²) in [7, 11) is 0. The smallest absolute Gasteiger partial charge is 0.262 e. The normalized spacial score (nSPS) is 12.2. The Morgan fingerprint density at radius 3 is 2.39 bits per heavy atom. The van der Waals surface area contributed by atoms with Crippen molar-refractivity contribution in [1.29, 1.82) is 0 Å². The van der Waals surface area contributed by atoms with Gasteiger partial charge in [-0.3, -0.25) is 9.36 Å². The van der Waals surface area contributed by atoms with Gasteiger partial charge in [0.1, 0.15) is 5.82 Å². The van der Waals surface area contributed by atoms with E-state index in [0.29, 0.717) is 22.6 Å². The number of aromatic nitrogens is 2. The van der Waals surface area contributed by atoms with E-state index >= 15 is 0 Å². The third kappa shape index (κ3) is 3.85. The van der Waals surface area contributed by atoms with Crippen LogP contribution >= 0.6 is 11.8 Å². The summed E-state index contributed by atoms with van der Waals surface area (Å²) < 4.78 is 15.0. The molecule has 1 atom stereocenters. The Kier molecular flexibility index (Phi) is 5.26. The number of halogens is 1. The maximum absolute atomic E-state index is 13.2. The summed E-state index contributed by atoms with van der Waals surface area (Å²) >= 11 is 1.51. The highest BCUT2D eigenvalue weighted by atomic mass is 32.2. The number of para-hydroxylation sites is 1. The summed E-state index contributed by atoms with van der Waals surface area (Å²) in [6.45, 7) is 2.49. The van der Waals surface area contributed by atoms with Gasteiger partial charge < -0.3 is 0 Å². The average Bonchev–Trinajstić information content (AvgIpc) is 2.72. The Labute approximate surface area is 166 Å². The molecule has 3 aromatic carbocycles. The van der Waals surface area contributed by atoms with Gasteiger partial charge in [0.05, 0.1) is 17.4 Å². The van der Waals surface area contributed by atoms with Crippen LogP contribution < -0.4 is 5.56 Å². The first-order chi connectivity index (χ1) is 13.6. The lowest BCUT2D eigenvalue weighted by Crippen LogP contribution is -2.24. The minimum absolute atomic E-state index is 0.0238. The zero-order chi connectivity index (χ0) is 19.5. The third-order valence-electron chi connectivity index (χ3n) is 4.63. The van der Waals surface area contributed by atoms with Crippen molar-refractivity contribution in [1.82, 2.24) is 9.55 Å². The van der Waals surface area contributed by atoms with Gasteiger partial charge in [0, 0.05) is 5.25 Å². The Balaban J connectivity index is 1.77. The topological polar surface area (TPSA) is 34.9 Å². The number of rotatable bonds is 5. The molecular weight excluding hydrogens is 371 g/mol. The Morgan fingerprint density at radius 1 is 0.964 bits per heavy atom. The first-order valence-electron chi connectivity index (χ1n) is 9.07. The summed E-state index contributed by atoms with van der Waals surface area (Å²) in [6.07, 6.45) is 0. The number of hydrogen-bond donors (Lipinski definition) is 0. The van der Waals surface area contributed by atoms with Crippen LogP contribution in [0.25, 0.3) is 10.9 Å². The summed E-state index contributed by atoms with van der Waals surface area (Å²) in [4.78, 5) is 17.9. The molecule has 1 heterocycles. The number of fused-ring (bicyclic) bond motifs is 1. The number of nitrogens with zero attached hydrogens (tertiary/aromatic N) is 2. The number of thioether (sulfide) groups is 1. The van der Waals surface area contributed by atoms with E-state index in [9.17, 15) is 9.18 Å². The van der Waals surface area contributed by atoms with Gasteiger partial charge in [-0.15, -0.1) is 0 Å². The molecule has 0 bridgehead atoms. The van der Waals surface area contributed by atoms with E-state index in [0.717, 1.165) is 11.1 Å². The van der Waals surface area contributed by atoms with Gasteiger partial charge in [0.15, 0.2) is 5.16 Å². The molecule has 4 rings (SSSR count). The first-order valence-corrected chi connectivity index (χ1v) is 9.95. The van der Waals surface area contributed by atoms with Crippen LogP contribution in [0.3, 0.4) is 0 Å². The lowest BCUT2D eigenvalue weighted by molar-refractivity contribution is 0.627. The van der Waals surface area contributed by atoms with E-state index in [1.165, 1.54) is 23.9 Å². The van der Waals surface area contributed by atoms with Gasteiger partial charge in [-0.25, -0.2) is 9.37 Å². The predicted molar refractivity (Wildman–Crippen MR) is 112 cm³/mol. The van der Waals surface area contributed by atoms with Gasteiger partial charge in [-0.05, 0) is 42.3 Å². The van der Waals surface area contributed by atoms with E-state index in [4.69, 9.17) is 4.98 Å². The summed E-state index contributed by atoms with van der Waals surface area (Å²) in [5.41, 5.74) is 2.66. The summed E-state index contributed by atoms with van der Waals surface area (Å²) in [5, 5.41) is 1.29. The third-order valence-corrected chi connectivity index (χ3v) is 5.78. The lowest BCUT2D eigenvalue weighted by atomic mass is 10.2. The maximum atomic E-state index is 13.2. The Bertz CT molecular complexity index is 1160. The van der Waals surface area contributed by atoms with Crippen molar-refractivity contribution in [3.05, 3.63) is 106 Å². The Hall–Kier alpha value is -2.92. The molecule has 4 aromatic rings. The largest absolute Gasteiger partial charge is 0.283 e. The molecule has 3 nitrogen and oxygen atoms in total. The minimum Gasteiger partial charge on any atom is -0.283 e. The minimum atomic E-state index is -0.259. The van der Waals surface area contributed by atoms with E-state index in [2.05, 4.69) is 0 Å². The van der Waals surface area contributed by atoms with Crippen molar-refractivity contribution in [3.63, 3.8) is 0 Å². The fourth-order valence-electron chi connectivity index (χ4n) is 3.10. The molecule has 0 saturated heterocycles. The van der Waals surface area contributed by atoms with E-state index in [1.54, 1.807) is 16.7 Å². The molecule has 1 aromatic heterocycles. The van der Waals surface area contributed by atoms with Crippen LogP contribution in [0.2, 0.25) is 0 Å². The molecule has 0 N–H and O–H groups in total. The molecule has 0 saturated carbocycles. The highest BCUT2D eigenvalue weighted by Crippen LogP contribution is 2.34. The van der Waals surface area contributed by atoms with Crippen molar-refractivity contribution >= 4 is 22.7 Å². The van der Waals surface area contributed by atoms with Crippen LogP contribution in [0.4, 0.5) is 4.39 Å². The molecule has 0 aliphatic rings. The van der Waals surface area contributed by atoms with Crippen molar-refractivity contribution < 1.29 is 4.39 Å². The van der Waals surface area contributed by atoms with Crippen LogP contribution in [-0.2, 0) is 6.54 Å². The van der Waals surface area contributed by atoms with Crippen molar-refractivity contribution in [3.8, 4) is 0 Å². The highest BCUT2D eigenvalue weighted by molar-refractivity contribution is 7.99. The average molecular weight is 390 g/mol. The number of benzene rings is 3. The second kappa shape index (κ2) is 7.98. The van der Waals surface area contributed by atoms with Crippen LogP contribution in [0.5, 0.6) is 0 Å². The van der Waals surface area contributed by atoms with Crippen molar-refractivity contribution in [2.45, 2.75) is 23.9 Å². The van der Waals surface area contributed by atoms with Crippen LogP contribution in [-0.4, -0.2) is 9.55 Å². The molecule has 5 heteroatoms.